The molecule has 0 amide bonds. The van der Waals surface area contributed by atoms with Crippen LogP contribution >= 0.6 is 0 Å². The van der Waals surface area contributed by atoms with Gasteiger partial charge in [-0.3, -0.25) is 4.79 Å². The molecule has 0 bridgehead atoms. The van der Waals surface area contributed by atoms with Crippen LogP contribution < -0.4 is 18.9 Å². The Morgan fingerprint density at radius 1 is 0.632 bits per heavy atom. The van der Waals surface area contributed by atoms with Crippen molar-refractivity contribution in [2.75, 3.05) is 27.4 Å². The first-order chi connectivity index (χ1) is 27.9. The van der Waals surface area contributed by atoms with Crippen LogP contribution in [0.5, 0.6) is 28.7 Å². The molecule has 1 aliphatic rings. The highest BCUT2D eigenvalue weighted by atomic mass is 16.6. The van der Waals surface area contributed by atoms with Gasteiger partial charge in [-0.15, -0.1) is 0 Å². The van der Waals surface area contributed by atoms with Crippen LogP contribution in [0.1, 0.15) is 185 Å². The molecule has 9 heteroatoms. The number of carbonyl (C=O) groups is 2. The number of phenolic OH excluding ortho intramolecular Hbond substituents is 1. The normalized spacial score (nSPS) is 14.8. The maximum atomic E-state index is 12.4. The van der Waals surface area contributed by atoms with E-state index in [1.54, 1.807) is 30.3 Å². The molecule has 1 heterocycles. The Bertz CT molecular complexity index is 1410. The van der Waals surface area contributed by atoms with Crippen molar-refractivity contribution in [1.82, 2.24) is 0 Å². The van der Waals surface area contributed by atoms with E-state index in [-0.39, 0.29) is 29.8 Å². The summed E-state index contributed by atoms with van der Waals surface area (Å²) in [7, 11) is 2.88. The number of esters is 2. The third-order valence-electron chi connectivity index (χ3n) is 10.8. The summed E-state index contributed by atoms with van der Waals surface area (Å²) in [4.78, 5) is 24.0. The van der Waals surface area contributed by atoms with Crippen molar-refractivity contribution in [3.8, 4) is 28.7 Å². The summed E-state index contributed by atoms with van der Waals surface area (Å²) in [6.45, 7) is 3.97. The van der Waals surface area contributed by atoms with Gasteiger partial charge in [-0.25, -0.2) is 4.79 Å². The van der Waals surface area contributed by atoms with Gasteiger partial charge in [0.2, 0.25) is 5.75 Å². The fraction of sp³-hybridized carbons (Fsp3) is 0.667. The van der Waals surface area contributed by atoms with Gasteiger partial charge in [0.25, 0.3) is 0 Å². The third-order valence-corrected chi connectivity index (χ3v) is 10.8. The van der Waals surface area contributed by atoms with Crippen LogP contribution in [0.2, 0.25) is 0 Å². The zero-order chi connectivity index (χ0) is 40.9. The van der Waals surface area contributed by atoms with Crippen LogP contribution in [0.15, 0.2) is 36.4 Å². The minimum Gasteiger partial charge on any atom is -0.502 e. The Kier molecular flexibility index (Phi) is 24.5. The smallest absolute Gasteiger partial charge is 0.330 e. The molecule has 57 heavy (non-hydrogen) atoms. The van der Waals surface area contributed by atoms with Crippen LogP contribution in [0.3, 0.4) is 0 Å². The molecule has 0 fully saturated rings. The largest absolute Gasteiger partial charge is 0.502 e. The Balaban J connectivity index is 1.22. The Hall–Kier alpha value is -3.88. The summed E-state index contributed by atoms with van der Waals surface area (Å²) in [6, 6.07) is 8.57. The van der Waals surface area contributed by atoms with Gasteiger partial charge in [0.1, 0.15) is 6.61 Å². The number of rotatable bonds is 32. The highest BCUT2D eigenvalue weighted by Crippen LogP contribution is 2.44. The fourth-order valence-corrected chi connectivity index (χ4v) is 7.39. The molecule has 0 aliphatic carbocycles. The van der Waals surface area contributed by atoms with Crippen molar-refractivity contribution < 1.29 is 43.1 Å². The zero-order valence-electron chi connectivity index (χ0n) is 35.8. The van der Waals surface area contributed by atoms with Crippen LogP contribution in [-0.4, -0.2) is 50.6 Å². The van der Waals surface area contributed by atoms with Gasteiger partial charge in [-0.05, 0) is 42.3 Å². The molecule has 320 valence electrons. The molecule has 1 N–H and O–H groups in total. The Morgan fingerprint density at radius 2 is 1.11 bits per heavy atom. The van der Waals surface area contributed by atoms with Crippen molar-refractivity contribution in [2.45, 2.75) is 180 Å². The topological polar surface area (TPSA) is 110 Å². The van der Waals surface area contributed by atoms with Crippen molar-refractivity contribution >= 4 is 18.0 Å². The molecule has 0 saturated heterocycles. The quantitative estimate of drug-likeness (QED) is 0.0440. The number of unbranched alkanes of at least 4 members (excludes halogenated alkanes) is 23. The maximum absolute atomic E-state index is 12.4. The molecule has 0 unspecified atom stereocenters. The van der Waals surface area contributed by atoms with E-state index < -0.39 is 18.2 Å². The van der Waals surface area contributed by atoms with Crippen molar-refractivity contribution in [1.29, 1.82) is 0 Å². The monoisotopic (exact) mass is 795 g/mol. The molecule has 3 rings (SSSR count). The third kappa shape index (κ3) is 19.4. The van der Waals surface area contributed by atoms with Gasteiger partial charge >= 0.3 is 11.9 Å². The molecule has 0 spiro atoms. The number of benzene rings is 2. The first-order valence-corrected chi connectivity index (χ1v) is 22.3. The second-order valence-electron chi connectivity index (χ2n) is 15.6. The van der Waals surface area contributed by atoms with Gasteiger partial charge in [-0.1, -0.05) is 161 Å². The average Bonchev–Trinajstić information content (AvgIpc) is 3.21. The minimum atomic E-state index is -0.724. The predicted octanol–water partition coefficient (Wildman–Crippen LogP) is 12.8. The van der Waals surface area contributed by atoms with E-state index >= 15 is 0 Å². The summed E-state index contributed by atoms with van der Waals surface area (Å²) < 4.78 is 34.0. The van der Waals surface area contributed by atoms with E-state index in [4.69, 9.17) is 28.4 Å². The number of methoxy groups -OCH3 is 2. The lowest BCUT2D eigenvalue weighted by Gasteiger charge is -2.34. The Labute approximate surface area is 344 Å². The average molecular weight is 795 g/mol. The van der Waals surface area contributed by atoms with Gasteiger partial charge < -0.3 is 33.5 Å². The molecule has 0 radical (unpaired) electrons. The van der Waals surface area contributed by atoms with Crippen LogP contribution in [0.25, 0.3) is 6.08 Å². The van der Waals surface area contributed by atoms with E-state index in [2.05, 4.69) is 6.92 Å². The lowest BCUT2D eigenvalue weighted by Crippen LogP contribution is -2.37. The lowest BCUT2D eigenvalue weighted by molar-refractivity contribution is -0.146. The summed E-state index contributed by atoms with van der Waals surface area (Å²) in [6.07, 6.45) is 34.2. The van der Waals surface area contributed by atoms with E-state index in [9.17, 15) is 14.7 Å². The molecule has 2 aromatic rings. The molecule has 2 atom stereocenters. The standard InChI is InChI=1S/C48H74O9/c1-5-6-7-8-9-10-11-12-13-14-15-16-17-18-19-20-21-22-23-24-25-26-27-28-33-54-46(50)32-30-39-29-31-41-42(34-39)57-48(45(56-41)37-55-38(2)49)40-35-43(52-3)47(51)44(36-40)53-4/h29-32,34-36,45,48,51H,5-28,33,37H2,1-4H3/b32-30+/t45-,48-/m1/s1. The van der Waals surface area contributed by atoms with Crippen molar-refractivity contribution in [3.05, 3.63) is 47.5 Å². The fourth-order valence-electron chi connectivity index (χ4n) is 7.39. The lowest BCUT2D eigenvalue weighted by atomic mass is 10.0. The number of hydrogen-bond acceptors (Lipinski definition) is 9. The first kappa shape index (κ1) is 47.5. The van der Waals surface area contributed by atoms with Gasteiger partial charge in [0.15, 0.2) is 35.2 Å². The molecule has 0 saturated carbocycles. The number of aromatic hydroxyl groups is 1. The minimum absolute atomic E-state index is 0.0575. The zero-order valence-corrected chi connectivity index (χ0v) is 35.8. The highest BCUT2D eigenvalue weighted by Gasteiger charge is 2.35. The Morgan fingerprint density at radius 3 is 1.56 bits per heavy atom. The maximum Gasteiger partial charge on any atom is 0.330 e. The second-order valence-corrected chi connectivity index (χ2v) is 15.6. The summed E-state index contributed by atoms with van der Waals surface area (Å²) in [5.74, 6) is 0.339. The molecular weight excluding hydrogens is 721 g/mol. The number of phenols is 1. The number of ether oxygens (including phenoxy) is 6. The number of carbonyl (C=O) groups excluding carboxylic acids is 2. The molecule has 2 aromatic carbocycles. The van der Waals surface area contributed by atoms with Crippen LogP contribution in [0.4, 0.5) is 0 Å². The van der Waals surface area contributed by atoms with Crippen LogP contribution in [0, 0.1) is 0 Å². The summed E-state index contributed by atoms with van der Waals surface area (Å²) in [5.41, 5.74) is 1.32. The first-order valence-electron chi connectivity index (χ1n) is 22.3. The van der Waals surface area contributed by atoms with Gasteiger partial charge in [-0.2, -0.15) is 0 Å². The van der Waals surface area contributed by atoms with E-state index in [0.717, 1.165) is 18.4 Å². The SMILES string of the molecule is CCCCCCCCCCCCCCCCCCCCCCCCCCOC(=O)/C=C/c1ccc2c(c1)O[C@H](c1cc(OC)c(O)c(OC)c1)[C@@H](COC(C)=O)O2. The molecular formula is C48H74O9. The molecule has 0 aromatic heterocycles. The highest BCUT2D eigenvalue weighted by molar-refractivity contribution is 5.87. The number of fused-ring (bicyclic) bond motifs is 1. The molecule has 9 nitrogen and oxygen atoms in total. The van der Waals surface area contributed by atoms with Gasteiger partial charge in [0.05, 0.1) is 20.8 Å². The summed E-state index contributed by atoms with van der Waals surface area (Å²) in [5, 5.41) is 10.4. The van der Waals surface area contributed by atoms with E-state index in [0.29, 0.717) is 23.7 Å². The number of hydrogen-bond donors (Lipinski definition) is 1. The summed E-state index contributed by atoms with van der Waals surface area (Å²) >= 11 is 0. The van der Waals surface area contributed by atoms with Gasteiger partial charge in [0, 0.05) is 18.6 Å². The van der Waals surface area contributed by atoms with Crippen molar-refractivity contribution in [3.63, 3.8) is 0 Å². The second kappa shape index (κ2) is 29.4. The van der Waals surface area contributed by atoms with Crippen molar-refractivity contribution in [2.24, 2.45) is 0 Å². The van der Waals surface area contributed by atoms with E-state index in [1.807, 2.05) is 6.07 Å². The van der Waals surface area contributed by atoms with Crippen LogP contribution in [-0.2, 0) is 19.1 Å². The van der Waals surface area contributed by atoms with E-state index in [1.165, 1.54) is 168 Å². The predicted molar refractivity (Wildman–Crippen MR) is 229 cm³/mol. The molecule has 1 aliphatic heterocycles.